The lowest BCUT2D eigenvalue weighted by molar-refractivity contribution is -0.165. The summed E-state index contributed by atoms with van der Waals surface area (Å²) in [4.78, 5) is 72.3. The Morgan fingerprint density at radius 3 is 2.25 bits per heavy atom. The van der Waals surface area contributed by atoms with Crippen LogP contribution in [0, 0.1) is 22.6 Å². The standard InChI is InChI=1S/C57H80FN3O9S/c1-8-56(5)32-47(69-49(65)34-71-41-29-38-19-20-39(30-41)59(38)7)36(3)50-46(63)22-25-57(50,6)37(4)54(56)70-48(64)17-15-13-11-9-10-12-14-16-28-68-55(67)44-33-61-35(2)18-21-42-51(61)43(53(44)66)31-45(58)52(42)60-26-23-40(62)24-27-60/h8,31,33,35,37-41,47,54,62H,1,9-30,32,34H2,2-7H3/b50-36-/t35?,37-,38?,39?,41?,47+,54-,56+,57?/m1/s1. The Labute approximate surface area is 424 Å². The number of aryl methyl sites for hydroxylation is 1. The molecular formula is C57H80FN3O9S. The summed E-state index contributed by atoms with van der Waals surface area (Å²) >= 11 is 1.70. The van der Waals surface area contributed by atoms with E-state index in [1.54, 1.807) is 18.0 Å². The first-order chi connectivity index (χ1) is 33.9. The molecule has 0 radical (unpaired) electrons. The quantitative estimate of drug-likeness (QED) is 0.0619. The van der Waals surface area contributed by atoms with Crippen LogP contribution >= 0.6 is 11.8 Å². The Morgan fingerprint density at radius 2 is 1.58 bits per heavy atom. The average Bonchev–Trinajstić information content (AvgIpc) is 3.74. The Hall–Kier alpha value is -4.01. The number of aromatic nitrogens is 1. The molecule has 1 N–H and O–H groups in total. The summed E-state index contributed by atoms with van der Waals surface area (Å²) in [6, 6.07) is 2.49. The molecule has 390 valence electrons. The van der Waals surface area contributed by atoms with Crippen molar-refractivity contribution < 1.29 is 42.9 Å². The van der Waals surface area contributed by atoms with Crippen molar-refractivity contribution in [2.24, 2.45) is 16.7 Å². The summed E-state index contributed by atoms with van der Waals surface area (Å²) < 4.78 is 36.1. The van der Waals surface area contributed by atoms with Crippen molar-refractivity contribution in [2.45, 2.75) is 205 Å². The highest BCUT2D eigenvalue weighted by Gasteiger charge is 2.55. The summed E-state index contributed by atoms with van der Waals surface area (Å²) in [5.41, 5.74) is 1.69. The number of unbranched alkanes of at least 4 members (excludes halogenated alkanes) is 7. The first kappa shape index (κ1) is 53.3. The molecule has 1 aromatic carbocycles. The zero-order chi connectivity index (χ0) is 50.8. The number of Topliss-reactive ketones (excluding diaryl/α,β-unsaturated/α-hetero) is 1. The molecule has 2 aromatic rings. The Balaban J connectivity index is 0.770. The molecule has 2 bridgehead atoms. The maximum atomic E-state index is 15.8. The zero-order valence-corrected chi connectivity index (χ0v) is 44.2. The van der Waals surface area contributed by atoms with E-state index in [2.05, 4.69) is 32.4 Å². The third-order valence-electron chi connectivity index (χ3n) is 18.0. The topological polar surface area (TPSA) is 145 Å². The fourth-order valence-electron chi connectivity index (χ4n) is 13.3. The molecule has 8 rings (SSSR count). The number of fused-ring (bicyclic) bond motifs is 3. The number of piperidine rings is 2. The molecule has 12 nitrogen and oxygen atoms in total. The fourth-order valence-corrected chi connectivity index (χ4v) is 14.5. The number of aliphatic hydroxyl groups is 1. The van der Waals surface area contributed by atoms with E-state index >= 15 is 4.39 Å². The van der Waals surface area contributed by atoms with Crippen molar-refractivity contribution in [3.05, 3.63) is 63.2 Å². The maximum Gasteiger partial charge on any atom is 0.343 e. The van der Waals surface area contributed by atoms with Crippen molar-refractivity contribution >= 4 is 52.0 Å². The molecule has 8 atom stereocenters. The fraction of sp³-hybridized carbons (Fsp3) is 0.702. The minimum Gasteiger partial charge on any atom is -0.462 e. The second-order valence-corrected chi connectivity index (χ2v) is 23.9. The number of carbonyl (C=O) groups is 4. The molecule has 5 heterocycles. The number of allylic oxidation sites excluding steroid dienone is 1. The molecule has 71 heavy (non-hydrogen) atoms. The van der Waals surface area contributed by atoms with Crippen LogP contribution in [0.4, 0.5) is 10.1 Å². The summed E-state index contributed by atoms with van der Waals surface area (Å²) in [5.74, 6) is -1.51. The van der Waals surface area contributed by atoms with Crippen LogP contribution < -0.4 is 10.3 Å². The van der Waals surface area contributed by atoms with Crippen LogP contribution in [-0.2, 0) is 35.0 Å². The number of benzene rings is 1. The molecule has 0 spiro atoms. The summed E-state index contributed by atoms with van der Waals surface area (Å²) in [6.07, 6.45) is 17.8. The number of pyridine rings is 1. The number of nitrogens with zero attached hydrogens (tertiary/aromatic N) is 3. The van der Waals surface area contributed by atoms with E-state index < -0.39 is 40.3 Å². The van der Waals surface area contributed by atoms with Gasteiger partial charge in [0.1, 0.15) is 23.6 Å². The Kier molecular flexibility index (Phi) is 17.0. The third-order valence-corrected chi connectivity index (χ3v) is 19.2. The number of aliphatic hydroxyl groups excluding tert-OH is 1. The number of esters is 3. The minimum atomic E-state index is -0.709. The van der Waals surface area contributed by atoms with Crippen molar-refractivity contribution in [1.82, 2.24) is 9.47 Å². The van der Waals surface area contributed by atoms with Crippen molar-refractivity contribution in [3.63, 3.8) is 0 Å². The zero-order valence-electron chi connectivity index (χ0n) is 43.4. The second kappa shape index (κ2) is 22.6. The highest BCUT2D eigenvalue weighted by molar-refractivity contribution is 8.00. The molecule has 3 saturated heterocycles. The van der Waals surface area contributed by atoms with Gasteiger partial charge in [-0.2, -0.15) is 0 Å². The van der Waals surface area contributed by atoms with Gasteiger partial charge in [-0.25, -0.2) is 9.18 Å². The van der Waals surface area contributed by atoms with Crippen LogP contribution in [0.1, 0.15) is 179 Å². The number of ketones is 1. The first-order valence-electron chi connectivity index (χ1n) is 27.0. The van der Waals surface area contributed by atoms with E-state index in [1.165, 1.54) is 18.9 Å². The van der Waals surface area contributed by atoms with Crippen LogP contribution in [0.25, 0.3) is 10.9 Å². The molecule has 4 unspecified atom stereocenters. The summed E-state index contributed by atoms with van der Waals surface area (Å²) in [5, 5.41) is 10.7. The van der Waals surface area contributed by atoms with Crippen molar-refractivity contribution in [1.29, 1.82) is 0 Å². The van der Waals surface area contributed by atoms with E-state index in [9.17, 15) is 29.1 Å². The van der Waals surface area contributed by atoms with Gasteiger partial charge in [0.2, 0.25) is 5.43 Å². The van der Waals surface area contributed by atoms with Gasteiger partial charge >= 0.3 is 17.9 Å². The van der Waals surface area contributed by atoms with Crippen LogP contribution in [0.3, 0.4) is 0 Å². The molecule has 4 aliphatic heterocycles. The van der Waals surface area contributed by atoms with E-state index in [0.29, 0.717) is 93.0 Å². The smallest absolute Gasteiger partial charge is 0.343 e. The SMILES string of the molecule is C=C[C@@]1(C)C[C@H](OC(=O)CSC2CC3CCC(C2)N3C)/C(C)=C2/C(=O)CCC2(C)[C@H](C)[C@H]1OC(=O)CCCCCCCCCCOC(=O)c1cn2c3c(c(N4CCC(O)CC4)c(F)cc3c1=O)CCC2C. The van der Waals surface area contributed by atoms with Gasteiger partial charge in [-0.3, -0.25) is 19.2 Å². The van der Waals surface area contributed by atoms with Gasteiger partial charge < -0.3 is 33.7 Å². The average molecular weight is 1000 g/mol. The predicted octanol–water partition coefficient (Wildman–Crippen LogP) is 10.4. The number of halogens is 1. The predicted molar refractivity (Wildman–Crippen MR) is 277 cm³/mol. The number of anilines is 1. The molecule has 1 saturated carbocycles. The van der Waals surface area contributed by atoms with Gasteiger partial charge in [-0.15, -0.1) is 18.3 Å². The number of ether oxygens (including phenoxy) is 3. The highest BCUT2D eigenvalue weighted by atomic mass is 32.2. The molecule has 1 aromatic heterocycles. The molecule has 14 heteroatoms. The summed E-state index contributed by atoms with van der Waals surface area (Å²) in [6.45, 7) is 15.7. The van der Waals surface area contributed by atoms with Gasteiger partial charge in [0, 0.05) is 95.2 Å². The molecule has 6 aliphatic rings. The molecule has 2 aliphatic carbocycles. The van der Waals surface area contributed by atoms with Gasteiger partial charge in [-0.1, -0.05) is 65.4 Å². The number of rotatable bonds is 19. The lowest BCUT2D eigenvalue weighted by atomic mass is 9.60. The maximum absolute atomic E-state index is 15.8. The van der Waals surface area contributed by atoms with Crippen molar-refractivity contribution in [2.75, 3.05) is 37.4 Å². The number of carbonyl (C=O) groups excluding carboxylic acids is 4. The van der Waals surface area contributed by atoms with Crippen LogP contribution in [0.5, 0.6) is 0 Å². The van der Waals surface area contributed by atoms with E-state index in [4.69, 9.17) is 14.2 Å². The normalized spacial score (nSPS) is 31.0. The van der Waals surface area contributed by atoms with Gasteiger partial charge in [0.05, 0.1) is 29.7 Å². The van der Waals surface area contributed by atoms with E-state index in [1.807, 2.05) is 36.3 Å². The lowest BCUT2D eigenvalue weighted by Crippen LogP contribution is -2.50. The third kappa shape index (κ3) is 11.2. The monoisotopic (exact) mass is 1000 g/mol. The minimum absolute atomic E-state index is 0.0213. The van der Waals surface area contributed by atoms with Gasteiger partial charge in [0.15, 0.2) is 5.78 Å². The largest absolute Gasteiger partial charge is 0.462 e. The van der Waals surface area contributed by atoms with Gasteiger partial charge in [-0.05, 0) is 103 Å². The second-order valence-electron chi connectivity index (χ2n) is 22.6. The van der Waals surface area contributed by atoms with Crippen LogP contribution in [-0.4, -0.2) is 106 Å². The number of hydrogen-bond acceptors (Lipinski definition) is 12. The Morgan fingerprint density at radius 1 is 0.915 bits per heavy atom. The lowest BCUT2D eigenvalue weighted by Gasteiger charge is -2.48. The van der Waals surface area contributed by atoms with Gasteiger partial charge in [0.25, 0.3) is 0 Å². The van der Waals surface area contributed by atoms with Crippen LogP contribution in [0.2, 0.25) is 0 Å². The molecular weight excluding hydrogens is 922 g/mol. The molecule has 4 fully saturated rings. The summed E-state index contributed by atoms with van der Waals surface area (Å²) in [7, 11) is 2.22. The van der Waals surface area contributed by atoms with E-state index in [0.717, 1.165) is 74.5 Å². The number of thioether (sulfide) groups is 1. The number of hydrogen-bond donors (Lipinski definition) is 1. The van der Waals surface area contributed by atoms with E-state index in [-0.39, 0.29) is 65.5 Å². The molecule has 0 amide bonds. The first-order valence-corrected chi connectivity index (χ1v) is 28.1. The van der Waals surface area contributed by atoms with Crippen molar-refractivity contribution in [3.8, 4) is 0 Å². The highest BCUT2D eigenvalue weighted by Crippen LogP contribution is 2.55. The van der Waals surface area contributed by atoms with Crippen LogP contribution in [0.15, 0.2) is 40.9 Å². The Bertz CT molecular complexity index is 2420.